The fraction of sp³-hybridized carbons (Fsp3) is 0.333. The first-order valence-electron chi connectivity index (χ1n) is 12.0. The van der Waals surface area contributed by atoms with Crippen molar-refractivity contribution in [1.82, 2.24) is 14.0 Å². The summed E-state index contributed by atoms with van der Waals surface area (Å²) >= 11 is 0. The molecule has 5 rings (SSSR count). The largest absolute Gasteiger partial charge is 0.392 e. The number of aliphatic hydroxyl groups is 1. The zero-order valence-corrected chi connectivity index (χ0v) is 20.1. The van der Waals surface area contributed by atoms with E-state index in [4.69, 9.17) is 9.47 Å². The van der Waals surface area contributed by atoms with Crippen LogP contribution >= 0.6 is 0 Å². The molecule has 0 aliphatic carbocycles. The third-order valence-electron chi connectivity index (χ3n) is 6.57. The van der Waals surface area contributed by atoms with Crippen molar-refractivity contribution in [3.05, 3.63) is 88.0 Å². The molecule has 1 aliphatic rings. The zero-order chi connectivity index (χ0) is 25.1. The van der Waals surface area contributed by atoms with E-state index in [0.29, 0.717) is 28.4 Å². The predicted octanol–water partition coefficient (Wildman–Crippen LogP) is 3.58. The van der Waals surface area contributed by atoms with Crippen LogP contribution in [0.25, 0.3) is 16.6 Å². The van der Waals surface area contributed by atoms with Crippen LogP contribution in [0.5, 0.6) is 0 Å². The molecule has 0 radical (unpaired) electrons. The van der Waals surface area contributed by atoms with Crippen molar-refractivity contribution in [2.24, 2.45) is 0 Å². The SMILES string of the molecule is COCc1cn2cc(-c3ccnc(NC4CCOCC4)c3)cc2c(=O)n1Cc1cc(F)ccc1CO. The molecule has 0 unspecified atom stereocenters. The van der Waals surface area contributed by atoms with Gasteiger partial charge in [-0.3, -0.25) is 4.79 Å². The molecule has 1 aliphatic heterocycles. The van der Waals surface area contributed by atoms with Crippen molar-refractivity contribution >= 4 is 11.3 Å². The van der Waals surface area contributed by atoms with Gasteiger partial charge >= 0.3 is 0 Å². The second kappa shape index (κ2) is 10.6. The van der Waals surface area contributed by atoms with Gasteiger partial charge < -0.3 is 28.9 Å². The van der Waals surface area contributed by atoms with E-state index in [1.807, 2.05) is 30.6 Å². The summed E-state index contributed by atoms with van der Waals surface area (Å²) in [5.74, 6) is 0.368. The Labute approximate surface area is 207 Å². The number of benzene rings is 1. The van der Waals surface area contributed by atoms with Gasteiger partial charge in [-0.1, -0.05) is 6.07 Å². The van der Waals surface area contributed by atoms with Crippen LogP contribution in [0.15, 0.2) is 59.8 Å². The van der Waals surface area contributed by atoms with Gasteiger partial charge in [0.25, 0.3) is 5.56 Å². The lowest BCUT2D eigenvalue weighted by Crippen LogP contribution is -2.28. The summed E-state index contributed by atoms with van der Waals surface area (Å²) in [6.07, 6.45) is 7.40. The first-order chi connectivity index (χ1) is 17.6. The minimum atomic E-state index is -0.419. The molecule has 0 spiro atoms. The summed E-state index contributed by atoms with van der Waals surface area (Å²) in [6, 6.07) is 10.3. The average Bonchev–Trinajstić information content (AvgIpc) is 3.32. The molecule has 0 amide bonds. The molecule has 2 N–H and O–H groups in total. The van der Waals surface area contributed by atoms with Gasteiger partial charge in [-0.15, -0.1) is 0 Å². The molecule has 0 saturated carbocycles. The van der Waals surface area contributed by atoms with E-state index in [0.717, 1.165) is 43.0 Å². The topological polar surface area (TPSA) is 90.0 Å². The number of rotatable bonds is 8. The number of aliphatic hydroxyl groups excluding tert-OH is 1. The normalized spacial score (nSPS) is 14.4. The first-order valence-corrected chi connectivity index (χ1v) is 12.0. The molecule has 0 atom stereocenters. The maximum atomic E-state index is 13.9. The number of hydrogen-bond acceptors (Lipinski definition) is 6. The number of hydrogen-bond donors (Lipinski definition) is 2. The summed E-state index contributed by atoms with van der Waals surface area (Å²) in [6.45, 7) is 1.57. The van der Waals surface area contributed by atoms with Crippen molar-refractivity contribution in [3.63, 3.8) is 0 Å². The number of ether oxygens (including phenoxy) is 2. The Morgan fingerprint density at radius 1 is 1.14 bits per heavy atom. The number of fused-ring (bicyclic) bond motifs is 1. The Morgan fingerprint density at radius 2 is 1.97 bits per heavy atom. The Morgan fingerprint density at radius 3 is 2.75 bits per heavy atom. The average molecular weight is 493 g/mol. The number of aromatic nitrogens is 3. The second-order valence-electron chi connectivity index (χ2n) is 9.00. The summed E-state index contributed by atoms with van der Waals surface area (Å²) in [4.78, 5) is 18.0. The molecular formula is C27H29FN4O4. The molecule has 4 aromatic rings. The number of nitrogens with zero attached hydrogens (tertiary/aromatic N) is 3. The minimum Gasteiger partial charge on any atom is -0.392 e. The summed E-state index contributed by atoms with van der Waals surface area (Å²) < 4.78 is 28.1. The second-order valence-corrected chi connectivity index (χ2v) is 9.00. The van der Waals surface area contributed by atoms with Crippen LogP contribution in [0.3, 0.4) is 0 Å². The van der Waals surface area contributed by atoms with Gasteiger partial charge in [-0.25, -0.2) is 9.37 Å². The Balaban J connectivity index is 1.52. The molecule has 1 aromatic carbocycles. The quantitative estimate of drug-likeness (QED) is 0.391. The van der Waals surface area contributed by atoms with E-state index in [-0.39, 0.29) is 25.3 Å². The van der Waals surface area contributed by atoms with E-state index in [2.05, 4.69) is 10.3 Å². The van der Waals surface area contributed by atoms with Crippen molar-refractivity contribution in [2.45, 2.75) is 38.6 Å². The maximum absolute atomic E-state index is 13.9. The fourth-order valence-corrected chi connectivity index (χ4v) is 4.66. The van der Waals surface area contributed by atoms with E-state index in [1.54, 1.807) is 22.3 Å². The highest BCUT2D eigenvalue weighted by atomic mass is 19.1. The number of halogens is 1. The van der Waals surface area contributed by atoms with Gasteiger partial charge in [0, 0.05) is 50.5 Å². The number of nitrogens with one attached hydrogen (secondary N) is 1. The van der Waals surface area contributed by atoms with Gasteiger partial charge in [-0.2, -0.15) is 0 Å². The van der Waals surface area contributed by atoms with Gasteiger partial charge in [0.1, 0.15) is 17.2 Å². The fourth-order valence-electron chi connectivity index (χ4n) is 4.66. The summed E-state index contributed by atoms with van der Waals surface area (Å²) in [5.41, 5.74) is 3.85. The molecule has 8 nitrogen and oxygen atoms in total. The van der Waals surface area contributed by atoms with Crippen molar-refractivity contribution in [3.8, 4) is 11.1 Å². The van der Waals surface area contributed by atoms with Crippen molar-refractivity contribution < 1.29 is 19.0 Å². The minimum absolute atomic E-state index is 0.122. The van der Waals surface area contributed by atoms with Crippen LogP contribution < -0.4 is 10.9 Å². The van der Waals surface area contributed by atoms with Gasteiger partial charge in [0.2, 0.25) is 0 Å². The van der Waals surface area contributed by atoms with Crippen LogP contribution in [0.1, 0.15) is 29.7 Å². The lowest BCUT2D eigenvalue weighted by atomic mass is 10.1. The molecular weight excluding hydrogens is 463 g/mol. The number of anilines is 1. The Hall–Kier alpha value is -3.53. The van der Waals surface area contributed by atoms with E-state index in [1.165, 1.54) is 18.2 Å². The Kier molecular flexibility index (Phi) is 7.13. The number of pyridine rings is 1. The molecule has 3 aromatic heterocycles. The van der Waals surface area contributed by atoms with Gasteiger partial charge in [0.05, 0.1) is 25.5 Å². The summed E-state index contributed by atoms with van der Waals surface area (Å²) in [7, 11) is 1.56. The monoisotopic (exact) mass is 492 g/mol. The highest BCUT2D eigenvalue weighted by molar-refractivity contribution is 5.71. The highest BCUT2D eigenvalue weighted by Gasteiger charge is 2.16. The van der Waals surface area contributed by atoms with E-state index >= 15 is 0 Å². The predicted molar refractivity (Wildman–Crippen MR) is 134 cm³/mol. The van der Waals surface area contributed by atoms with Crippen LogP contribution in [-0.2, 0) is 29.2 Å². The number of methoxy groups -OCH3 is 1. The molecule has 36 heavy (non-hydrogen) atoms. The molecule has 4 heterocycles. The van der Waals surface area contributed by atoms with Crippen LogP contribution in [-0.4, -0.2) is 45.4 Å². The first kappa shape index (κ1) is 24.2. The third kappa shape index (κ3) is 5.04. The zero-order valence-electron chi connectivity index (χ0n) is 20.1. The smallest absolute Gasteiger partial charge is 0.275 e. The molecule has 1 saturated heterocycles. The van der Waals surface area contributed by atoms with E-state index in [9.17, 15) is 14.3 Å². The van der Waals surface area contributed by atoms with Crippen LogP contribution in [0.4, 0.5) is 10.2 Å². The van der Waals surface area contributed by atoms with Crippen LogP contribution in [0, 0.1) is 5.82 Å². The molecule has 1 fully saturated rings. The van der Waals surface area contributed by atoms with Gasteiger partial charge in [0.15, 0.2) is 0 Å². The third-order valence-corrected chi connectivity index (χ3v) is 6.57. The standard InChI is InChI=1S/C27H29FN4O4/c1-35-17-24-15-31-13-21(18-4-7-29-26(12-18)30-23-5-8-36-9-6-23)11-25(31)27(34)32(24)14-20-10-22(28)3-2-19(20)16-33/h2-4,7,10-13,15,23,33H,5-6,8-9,14,16-17H2,1H3,(H,29,30). The van der Waals surface area contributed by atoms with Gasteiger partial charge in [-0.05, 0) is 59.9 Å². The lowest BCUT2D eigenvalue weighted by molar-refractivity contribution is 0.0904. The maximum Gasteiger partial charge on any atom is 0.275 e. The van der Waals surface area contributed by atoms with E-state index < -0.39 is 5.82 Å². The van der Waals surface area contributed by atoms with Crippen molar-refractivity contribution in [1.29, 1.82) is 0 Å². The Bertz CT molecular complexity index is 1430. The highest BCUT2D eigenvalue weighted by Crippen LogP contribution is 2.25. The molecule has 188 valence electrons. The van der Waals surface area contributed by atoms with Crippen molar-refractivity contribution in [2.75, 3.05) is 25.6 Å². The van der Waals surface area contributed by atoms with Crippen LogP contribution in [0.2, 0.25) is 0 Å². The summed E-state index contributed by atoms with van der Waals surface area (Å²) in [5, 5.41) is 13.2. The lowest BCUT2D eigenvalue weighted by Gasteiger charge is -2.23. The molecule has 9 heteroatoms. The molecule has 0 bridgehead atoms.